The second-order valence-electron chi connectivity index (χ2n) is 8.81. The van der Waals surface area contributed by atoms with E-state index in [1.807, 2.05) is 24.3 Å². The maximum Gasteiger partial charge on any atom is 0.297 e. The monoisotopic (exact) mass is 445 g/mol. The Labute approximate surface area is 189 Å². The normalized spacial score (nSPS) is 15.9. The maximum absolute atomic E-state index is 13.6. The molecule has 0 saturated heterocycles. The predicted octanol–water partition coefficient (Wildman–Crippen LogP) is 5.28. The van der Waals surface area contributed by atoms with Crippen molar-refractivity contribution in [1.29, 1.82) is 0 Å². The summed E-state index contributed by atoms with van der Waals surface area (Å²) < 4.78 is 5.93. The highest BCUT2D eigenvalue weighted by Crippen LogP contribution is 2.40. The smallest absolute Gasteiger partial charge is 0.297 e. The lowest BCUT2D eigenvalue weighted by atomic mass is 9.86. The number of fused-ring (bicyclic) bond motifs is 2. The van der Waals surface area contributed by atoms with E-state index >= 15 is 0 Å². The Morgan fingerprint density at radius 1 is 1.00 bits per heavy atom. The third-order valence-corrected chi connectivity index (χ3v) is 5.93. The number of carbonyl (C=O) groups excluding carboxylic acids is 1. The van der Waals surface area contributed by atoms with Gasteiger partial charge in [0.1, 0.15) is 5.58 Å². The van der Waals surface area contributed by atoms with Crippen molar-refractivity contribution >= 4 is 34.4 Å². The Balaban J connectivity index is 1.77. The molecule has 0 saturated carbocycles. The first-order chi connectivity index (χ1) is 15.3. The number of rotatable bonds is 2. The van der Waals surface area contributed by atoms with Crippen LogP contribution in [0.5, 0.6) is 0 Å². The number of benzene rings is 2. The zero-order valence-corrected chi connectivity index (χ0v) is 18.6. The molecule has 0 bridgehead atoms. The number of amides is 1. The Morgan fingerprint density at radius 3 is 2.34 bits per heavy atom. The van der Waals surface area contributed by atoms with Crippen molar-refractivity contribution in [2.75, 3.05) is 4.90 Å². The lowest BCUT2D eigenvalue weighted by Gasteiger charge is -2.24. The summed E-state index contributed by atoms with van der Waals surface area (Å²) in [6.45, 7) is 6.39. The van der Waals surface area contributed by atoms with Gasteiger partial charge in [-0.1, -0.05) is 56.6 Å². The van der Waals surface area contributed by atoms with E-state index in [-0.39, 0.29) is 28.1 Å². The minimum atomic E-state index is -0.714. The molecule has 1 aliphatic rings. The molecule has 5 rings (SSSR count). The lowest BCUT2D eigenvalue weighted by Crippen LogP contribution is -2.31. The molecule has 0 aliphatic carbocycles. The van der Waals surface area contributed by atoms with E-state index in [0.717, 1.165) is 11.1 Å². The Kier molecular flexibility index (Phi) is 4.64. The van der Waals surface area contributed by atoms with Gasteiger partial charge < -0.3 is 4.42 Å². The molecule has 7 heteroatoms. The molecule has 0 fully saturated rings. The van der Waals surface area contributed by atoms with Crippen LogP contribution in [0.15, 0.2) is 70.1 Å². The highest BCUT2D eigenvalue weighted by Gasteiger charge is 2.45. The van der Waals surface area contributed by atoms with Gasteiger partial charge in [-0.25, -0.2) is 9.97 Å². The van der Waals surface area contributed by atoms with E-state index in [1.54, 1.807) is 36.7 Å². The van der Waals surface area contributed by atoms with Crippen molar-refractivity contribution in [3.05, 3.63) is 98.6 Å². The second-order valence-corrected chi connectivity index (χ2v) is 9.25. The van der Waals surface area contributed by atoms with Gasteiger partial charge in [-0.15, -0.1) is 0 Å². The van der Waals surface area contributed by atoms with E-state index in [2.05, 4.69) is 30.7 Å². The van der Waals surface area contributed by atoms with Gasteiger partial charge in [-0.3, -0.25) is 14.5 Å². The molecular weight excluding hydrogens is 426 g/mol. The van der Waals surface area contributed by atoms with Crippen LogP contribution in [-0.2, 0) is 5.41 Å². The summed E-state index contributed by atoms with van der Waals surface area (Å²) in [5, 5.41) is 0.750. The van der Waals surface area contributed by atoms with Crippen LogP contribution >= 0.6 is 11.6 Å². The van der Waals surface area contributed by atoms with Gasteiger partial charge in [0.15, 0.2) is 5.43 Å². The van der Waals surface area contributed by atoms with Crippen LogP contribution in [0.2, 0.25) is 5.02 Å². The molecule has 1 amide bonds. The largest absolute Gasteiger partial charge is 0.450 e. The van der Waals surface area contributed by atoms with Gasteiger partial charge in [0.05, 0.1) is 17.0 Å². The number of hydrogen-bond acceptors (Lipinski definition) is 5. The van der Waals surface area contributed by atoms with Gasteiger partial charge in [-0.05, 0) is 40.8 Å². The second kappa shape index (κ2) is 7.28. The zero-order chi connectivity index (χ0) is 22.6. The van der Waals surface area contributed by atoms with Crippen LogP contribution < -0.4 is 10.3 Å². The quantitative estimate of drug-likeness (QED) is 0.419. The highest BCUT2D eigenvalue weighted by atomic mass is 35.5. The third-order valence-electron chi connectivity index (χ3n) is 5.69. The van der Waals surface area contributed by atoms with Crippen LogP contribution in [0.4, 0.5) is 5.95 Å². The molecule has 2 aromatic carbocycles. The number of anilines is 1. The highest BCUT2D eigenvalue weighted by molar-refractivity contribution is 6.31. The first kappa shape index (κ1) is 20.4. The van der Waals surface area contributed by atoms with Gasteiger partial charge >= 0.3 is 0 Å². The topological polar surface area (TPSA) is 76.3 Å². The van der Waals surface area contributed by atoms with Gasteiger partial charge in [0.25, 0.3) is 5.91 Å². The number of nitrogens with zero attached hydrogens (tertiary/aromatic N) is 3. The Hall–Kier alpha value is -3.51. The zero-order valence-electron chi connectivity index (χ0n) is 17.8. The van der Waals surface area contributed by atoms with Crippen molar-refractivity contribution in [2.45, 2.75) is 32.2 Å². The van der Waals surface area contributed by atoms with E-state index in [4.69, 9.17) is 16.0 Å². The van der Waals surface area contributed by atoms with Crippen LogP contribution in [-0.4, -0.2) is 15.9 Å². The fraction of sp³-hybridized carbons (Fsp3) is 0.200. The lowest BCUT2D eigenvalue weighted by molar-refractivity contribution is 0.0969. The molecule has 0 radical (unpaired) electrons. The summed E-state index contributed by atoms with van der Waals surface area (Å²) >= 11 is 6.13. The molecule has 6 nitrogen and oxygen atoms in total. The van der Waals surface area contributed by atoms with Crippen molar-refractivity contribution in [1.82, 2.24) is 9.97 Å². The minimum absolute atomic E-state index is 0.00201. The summed E-state index contributed by atoms with van der Waals surface area (Å²) in [7, 11) is 0. The van der Waals surface area contributed by atoms with Crippen molar-refractivity contribution < 1.29 is 9.21 Å². The molecule has 1 atom stereocenters. The molecule has 3 heterocycles. The third kappa shape index (κ3) is 3.19. The first-order valence-corrected chi connectivity index (χ1v) is 10.6. The fourth-order valence-corrected chi connectivity index (χ4v) is 4.22. The van der Waals surface area contributed by atoms with E-state index < -0.39 is 11.9 Å². The van der Waals surface area contributed by atoms with Crippen molar-refractivity contribution in [3.8, 4) is 0 Å². The molecule has 1 unspecified atom stereocenters. The molecule has 0 spiro atoms. The van der Waals surface area contributed by atoms with Crippen LogP contribution in [0.3, 0.4) is 0 Å². The molecule has 1 aliphatic heterocycles. The molecule has 4 aromatic rings. The molecular formula is C25H20ClN3O3. The molecule has 32 heavy (non-hydrogen) atoms. The SMILES string of the molecule is CC(C)(C)c1ccc(C2c3c(oc4ccc(Cl)cc4c3=O)C(=O)N2c2ncccn2)cc1. The molecule has 2 aromatic heterocycles. The van der Waals surface area contributed by atoms with E-state index in [1.165, 1.54) is 4.90 Å². The first-order valence-electron chi connectivity index (χ1n) is 10.2. The predicted molar refractivity (Wildman–Crippen MR) is 123 cm³/mol. The summed E-state index contributed by atoms with van der Waals surface area (Å²) in [4.78, 5) is 37.0. The van der Waals surface area contributed by atoms with Crippen molar-refractivity contribution in [2.24, 2.45) is 0 Å². The summed E-state index contributed by atoms with van der Waals surface area (Å²) in [5.41, 5.74) is 2.16. The van der Waals surface area contributed by atoms with Crippen LogP contribution in [0.1, 0.15) is 54.1 Å². The average molecular weight is 446 g/mol. The molecule has 0 N–H and O–H groups in total. The van der Waals surface area contributed by atoms with E-state index in [0.29, 0.717) is 16.0 Å². The van der Waals surface area contributed by atoms with E-state index in [9.17, 15) is 9.59 Å². The van der Waals surface area contributed by atoms with Gasteiger partial charge in [-0.2, -0.15) is 0 Å². The fourth-order valence-electron chi connectivity index (χ4n) is 4.05. The number of halogens is 1. The number of hydrogen-bond donors (Lipinski definition) is 0. The van der Waals surface area contributed by atoms with Crippen LogP contribution in [0, 0.1) is 0 Å². The maximum atomic E-state index is 13.6. The summed E-state index contributed by atoms with van der Waals surface area (Å²) in [5.74, 6) is -0.248. The number of carbonyl (C=O) groups is 1. The van der Waals surface area contributed by atoms with Gasteiger partial charge in [0, 0.05) is 17.4 Å². The summed E-state index contributed by atoms with van der Waals surface area (Å²) in [6.07, 6.45) is 3.12. The Morgan fingerprint density at radius 2 is 1.69 bits per heavy atom. The van der Waals surface area contributed by atoms with Crippen LogP contribution in [0.25, 0.3) is 11.0 Å². The average Bonchev–Trinajstić information content (AvgIpc) is 3.07. The molecule has 160 valence electrons. The Bertz CT molecular complexity index is 1410. The van der Waals surface area contributed by atoms with Gasteiger partial charge in [0.2, 0.25) is 11.7 Å². The minimum Gasteiger partial charge on any atom is -0.450 e. The summed E-state index contributed by atoms with van der Waals surface area (Å²) in [6, 6.07) is 13.6. The standard InChI is InChI=1S/C25H20ClN3O3/c1-25(2,3)15-7-5-14(6-8-15)20-19-21(30)17-13-16(26)9-10-18(17)32-22(19)23(31)29(20)24-27-11-4-12-28-24/h4-13,20H,1-3H3. The van der Waals surface area contributed by atoms with Crippen molar-refractivity contribution in [3.63, 3.8) is 0 Å². The number of aromatic nitrogens is 2.